The van der Waals surface area contributed by atoms with E-state index in [0.29, 0.717) is 5.57 Å². The van der Waals surface area contributed by atoms with E-state index in [1.165, 1.54) is 23.9 Å². The van der Waals surface area contributed by atoms with E-state index in [9.17, 15) is 18.0 Å². The molecular weight excluding hydrogens is 249 g/mol. The molecule has 0 aliphatic carbocycles. The average molecular weight is 258 g/mol. The number of hydrogen-bond acceptors (Lipinski definition) is 2. The Morgan fingerprint density at radius 3 is 2.41 bits per heavy atom. The molecule has 1 aliphatic rings. The lowest BCUT2D eigenvalue weighted by molar-refractivity contribution is -0.137. The van der Waals surface area contributed by atoms with Gasteiger partial charge in [0.25, 0.3) is 0 Å². The van der Waals surface area contributed by atoms with Crippen molar-refractivity contribution in [2.75, 3.05) is 5.75 Å². The van der Waals surface area contributed by atoms with Gasteiger partial charge in [0, 0.05) is 11.3 Å². The number of carbonyl (C=O) groups is 1. The smallest absolute Gasteiger partial charge is 0.298 e. The van der Waals surface area contributed by atoms with Crippen LogP contribution in [0, 0.1) is 0 Å². The maximum atomic E-state index is 12.4. The molecule has 0 fully saturated rings. The van der Waals surface area contributed by atoms with Gasteiger partial charge in [0.05, 0.1) is 10.8 Å². The summed E-state index contributed by atoms with van der Waals surface area (Å²) in [4.78, 5) is 10.8. The van der Waals surface area contributed by atoms with Crippen LogP contribution in [0.25, 0.3) is 0 Å². The summed E-state index contributed by atoms with van der Waals surface area (Å²) in [6.07, 6.45) is -1.74. The fraction of sp³-hybridized carbons (Fsp3) is 0.250. The van der Waals surface area contributed by atoms with Gasteiger partial charge in [-0.25, -0.2) is 0 Å². The monoisotopic (exact) mass is 258 g/mol. The van der Waals surface area contributed by atoms with Crippen LogP contribution < -0.4 is 0 Å². The number of alkyl halides is 3. The average Bonchev–Trinajstić information content (AvgIpc) is 2.76. The molecule has 0 saturated carbocycles. The third-order valence-electron chi connectivity index (χ3n) is 2.56. The lowest BCUT2D eigenvalue weighted by atomic mass is 10.0. The second kappa shape index (κ2) is 4.56. The van der Waals surface area contributed by atoms with Crippen LogP contribution in [0.3, 0.4) is 0 Å². The molecule has 1 heterocycles. The highest BCUT2D eigenvalue weighted by Crippen LogP contribution is 2.40. The Morgan fingerprint density at radius 2 is 1.88 bits per heavy atom. The lowest BCUT2D eigenvalue weighted by Crippen LogP contribution is -2.05. The van der Waals surface area contributed by atoms with E-state index >= 15 is 0 Å². The number of benzene rings is 1. The fourth-order valence-corrected chi connectivity index (χ4v) is 2.86. The molecule has 0 spiro atoms. The third-order valence-corrected chi connectivity index (χ3v) is 3.80. The highest BCUT2D eigenvalue weighted by Gasteiger charge is 2.30. The maximum absolute atomic E-state index is 12.4. The summed E-state index contributed by atoms with van der Waals surface area (Å²) in [5, 5.41) is -0.130. The van der Waals surface area contributed by atoms with Crippen molar-refractivity contribution in [3.8, 4) is 0 Å². The molecule has 1 nitrogen and oxygen atoms in total. The van der Waals surface area contributed by atoms with Crippen molar-refractivity contribution < 1.29 is 18.0 Å². The molecule has 0 amide bonds. The number of carbonyl (C=O) groups excluding carboxylic acids is 1. The molecule has 0 saturated heterocycles. The molecule has 1 atom stereocenters. The number of halogens is 3. The van der Waals surface area contributed by atoms with Crippen LogP contribution in [-0.4, -0.2) is 12.0 Å². The molecule has 1 aromatic carbocycles. The second-order valence-electron chi connectivity index (χ2n) is 3.66. The zero-order chi connectivity index (χ0) is 12.5. The second-order valence-corrected chi connectivity index (χ2v) is 4.79. The van der Waals surface area contributed by atoms with Gasteiger partial charge < -0.3 is 0 Å². The minimum absolute atomic E-state index is 0.130. The van der Waals surface area contributed by atoms with Crippen LogP contribution in [-0.2, 0) is 11.0 Å². The van der Waals surface area contributed by atoms with E-state index in [4.69, 9.17) is 0 Å². The molecule has 90 valence electrons. The van der Waals surface area contributed by atoms with Crippen molar-refractivity contribution in [2.24, 2.45) is 0 Å². The van der Waals surface area contributed by atoms with Gasteiger partial charge in [-0.3, -0.25) is 4.79 Å². The Morgan fingerprint density at radius 1 is 1.24 bits per heavy atom. The SMILES string of the molecule is O=CC1=CCS[C@@H]1c1ccc(C(F)(F)F)cc1. The zero-order valence-electron chi connectivity index (χ0n) is 8.70. The molecule has 17 heavy (non-hydrogen) atoms. The summed E-state index contributed by atoms with van der Waals surface area (Å²) in [7, 11) is 0. The fourth-order valence-electron chi connectivity index (χ4n) is 1.69. The van der Waals surface area contributed by atoms with Gasteiger partial charge in [-0.2, -0.15) is 13.2 Å². The van der Waals surface area contributed by atoms with Gasteiger partial charge in [-0.15, -0.1) is 11.8 Å². The predicted molar refractivity (Wildman–Crippen MR) is 60.8 cm³/mol. The van der Waals surface area contributed by atoms with Crippen molar-refractivity contribution in [3.05, 3.63) is 47.0 Å². The van der Waals surface area contributed by atoms with Crippen LogP contribution in [0.1, 0.15) is 16.4 Å². The van der Waals surface area contributed by atoms with Crippen LogP contribution >= 0.6 is 11.8 Å². The number of hydrogen-bond donors (Lipinski definition) is 0. The van der Waals surface area contributed by atoms with Crippen LogP contribution in [0.15, 0.2) is 35.9 Å². The first-order valence-corrected chi connectivity index (χ1v) is 6.01. The number of rotatable bonds is 2. The maximum Gasteiger partial charge on any atom is 0.416 e. The molecule has 2 rings (SSSR count). The van der Waals surface area contributed by atoms with Crippen molar-refractivity contribution in [1.29, 1.82) is 0 Å². The largest absolute Gasteiger partial charge is 0.416 e. The topological polar surface area (TPSA) is 17.1 Å². The first-order chi connectivity index (χ1) is 8.02. The molecule has 5 heteroatoms. The Labute approximate surface area is 101 Å². The normalized spacial score (nSPS) is 20.2. The Hall–Kier alpha value is -1.23. The Balaban J connectivity index is 2.24. The molecule has 0 aromatic heterocycles. The van der Waals surface area contributed by atoms with Gasteiger partial charge in [0.1, 0.15) is 6.29 Å². The summed E-state index contributed by atoms with van der Waals surface area (Å²) in [5.74, 6) is 0.722. The van der Waals surface area contributed by atoms with Crippen molar-refractivity contribution >= 4 is 18.0 Å². The Kier molecular flexibility index (Phi) is 3.28. The van der Waals surface area contributed by atoms with E-state index in [1.54, 1.807) is 6.08 Å². The van der Waals surface area contributed by atoms with Crippen LogP contribution in [0.4, 0.5) is 13.2 Å². The van der Waals surface area contributed by atoms with Gasteiger partial charge in [0.2, 0.25) is 0 Å². The number of aldehydes is 1. The molecule has 0 radical (unpaired) electrons. The molecule has 1 aliphatic heterocycles. The van der Waals surface area contributed by atoms with Crippen LogP contribution in [0.5, 0.6) is 0 Å². The lowest BCUT2D eigenvalue weighted by Gasteiger charge is -2.12. The highest BCUT2D eigenvalue weighted by atomic mass is 32.2. The molecule has 0 bridgehead atoms. The summed E-state index contributed by atoms with van der Waals surface area (Å²) in [6, 6.07) is 4.97. The minimum atomic E-state index is -4.31. The van der Waals surface area contributed by atoms with Gasteiger partial charge in [-0.05, 0) is 17.7 Å². The van der Waals surface area contributed by atoms with Gasteiger partial charge in [0.15, 0.2) is 0 Å². The van der Waals surface area contributed by atoms with Gasteiger partial charge >= 0.3 is 6.18 Å². The van der Waals surface area contributed by atoms with Crippen molar-refractivity contribution in [2.45, 2.75) is 11.4 Å². The Bertz CT molecular complexity index is 448. The van der Waals surface area contributed by atoms with E-state index < -0.39 is 11.7 Å². The summed E-state index contributed by atoms with van der Waals surface area (Å²) in [5.41, 5.74) is 0.703. The molecule has 1 aromatic rings. The highest BCUT2D eigenvalue weighted by molar-refractivity contribution is 8.00. The summed E-state index contributed by atoms with van der Waals surface area (Å²) in [6.45, 7) is 0. The zero-order valence-corrected chi connectivity index (χ0v) is 9.52. The first-order valence-electron chi connectivity index (χ1n) is 4.96. The van der Waals surface area contributed by atoms with E-state index in [2.05, 4.69) is 0 Å². The molecule has 0 N–H and O–H groups in total. The molecular formula is C12H9F3OS. The number of thioether (sulfide) groups is 1. The van der Waals surface area contributed by atoms with Crippen LogP contribution in [0.2, 0.25) is 0 Å². The first kappa shape index (κ1) is 12.2. The van der Waals surface area contributed by atoms with E-state index in [1.807, 2.05) is 0 Å². The summed E-state index contributed by atoms with van der Waals surface area (Å²) >= 11 is 1.54. The standard InChI is InChI=1S/C12H9F3OS/c13-12(14,15)10-3-1-8(2-4-10)11-9(7-16)5-6-17-11/h1-5,7,11H,6H2/t11-/m1/s1. The predicted octanol–water partition coefficient (Wildman–Crippen LogP) is 3.62. The van der Waals surface area contributed by atoms with Crippen molar-refractivity contribution in [1.82, 2.24) is 0 Å². The van der Waals surface area contributed by atoms with Gasteiger partial charge in [-0.1, -0.05) is 18.2 Å². The minimum Gasteiger partial charge on any atom is -0.298 e. The summed E-state index contributed by atoms with van der Waals surface area (Å²) < 4.78 is 37.1. The quantitative estimate of drug-likeness (QED) is 0.754. The van der Waals surface area contributed by atoms with E-state index in [-0.39, 0.29) is 5.25 Å². The van der Waals surface area contributed by atoms with E-state index in [0.717, 1.165) is 29.7 Å². The molecule has 0 unspecified atom stereocenters. The van der Waals surface area contributed by atoms with Crippen molar-refractivity contribution in [3.63, 3.8) is 0 Å². The third kappa shape index (κ3) is 2.54.